The Bertz CT molecular complexity index is 798. The number of halogens is 2. The average Bonchev–Trinajstić information content (AvgIpc) is 2.40. The monoisotopic (exact) mass is 321 g/mol. The maximum Gasteiger partial charge on any atom is 0.338 e. The van der Waals surface area contributed by atoms with Crippen LogP contribution in [0.5, 0.6) is 0 Å². The van der Waals surface area contributed by atoms with E-state index in [2.05, 4.69) is 4.98 Å². The van der Waals surface area contributed by atoms with Crippen LogP contribution in [0, 0.1) is 18.3 Å². The first-order valence-electron chi connectivity index (χ1n) is 5.76. The first-order chi connectivity index (χ1) is 9.88. The Morgan fingerprint density at radius 3 is 2.67 bits per heavy atom. The zero-order valence-corrected chi connectivity index (χ0v) is 12.3. The third-order valence-corrected chi connectivity index (χ3v) is 3.77. The fraction of sp³-hybridized carbons (Fsp3) is 0.0714. The summed E-state index contributed by atoms with van der Waals surface area (Å²) in [6.45, 7) is 1.50. The fourth-order valence-corrected chi connectivity index (χ4v) is 2.46. The van der Waals surface area contributed by atoms with E-state index >= 15 is 0 Å². The van der Waals surface area contributed by atoms with Gasteiger partial charge in [-0.3, -0.25) is 0 Å². The predicted molar refractivity (Wildman–Crippen MR) is 80.5 cm³/mol. The number of nitrogen functional groups attached to an aromatic ring is 1. The van der Waals surface area contributed by atoms with Crippen LogP contribution in [0.15, 0.2) is 18.2 Å². The Balaban J connectivity index is 3.00. The van der Waals surface area contributed by atoms with Gasteiger partial charge in [-0.2, -0.15) is 5.26 Å². The van der Waals surface area contributed by atoms with E-state index < -0.39 is 5.97 Å². The number of anilines is 1. The maximum absolute atomic E-state index is 11.5. The van der Waals surface area contributed by atoms with Gasteiger partial charge in [0.25, 0.3) is 0 Å². The van der Waals surface area contributed by atoms with Crippen LogP contribution in [0.4, 0.5) is 5.82 Å². The van der Waals surface area contributed by atoms with E-state index in [9.17, 15) is 15.2 Å². The lowest BCUT2D eigenvalue weighted by molar-refractivity contribution is 0.0696. The highest BCUT2D eigenvalue weighted by atomic mass is 35.5. The Labute approximate surface area is 130 Å². The highest BCUT2D eigenvalue weighted by molar-refractivity contribution is 6.43. The summed E-state index contributed by atoms with van der Waals surface area (Å²) >= 11 is 12.1. The summed E-state index contributed by atoms with van der Waals surface area (Å²) in [6.07, 6.45) is 0. The zero-order chi connectivity index (χ0) is 15.7. The summed E-state index contributed by atoms with van der Waals surface area (Å²) < 4.78 is 0. The van der Waals surface area contributed by atoms with Crippen LogP contribution in [0.3, 0.4) is 0 Å². The van der Waals surface area contributed by atoms with Gasteiger partial charge in [-0.05, 0) is 13.0 Å². The van der Waals surface area contributed by atoms with Gasteiger partial charge in [0.05, 0.1) is 21.3 Å². The molecule has 0 amide bonds. The number of hydrogen-bond acceptors (Lipinski definition) is 4. The molecule has 0 saturated carbocycles. The second-order valence-electron chi connectivity index (χ2n) is 4.23. The number of aromatic nitrogens is 1. The molecule has 0 aliphatic heterocycles. The van der Waals surface area contributed by atoms with Crippen molar-refractivity contribution in [2.75, 3.05) is 5.73 Å². The van der Waals surface area contributed by atoms with Gasteiger partial charge in [-0.25, -0.2) is 9.78 Å². The number of hydrogen-bond donors (Lipinski definition) is 2. The minimum atomic E-state index is -1.22. The Hall–Kier alpha value is -2.29. The standard InChI is InChI=1S/C14H9Cl2N3O2/c1-6-10(14(20)21)11(8(5-17)13(18)19-6)7-3-2-4-9(15)12(7)16/h2-4H,1H3,(H2,18,19)(H,20,21). The lowest BCUT2D eigenvalue weighted by Crippen LogP contribution is -2.10. The molecule has 7 heteroatoms. The highest BCUT2D eigenvalue weighted by Crippen LogP contribution is 2.39. The second kappa shape index (κ2) is 5.60. The third-order valence-electron chi connectivity index (χ3n) is 2.95. The van der Waals surface area contributed by atoms with Gasteiger partial charge in [-0.15, -0.1) is 0 Å². The Kier molecular flexibility index (Phi) is 4.03. The van der Waals surface area contributed by atoms with Gasteiger partial charge in [0, 0.05) is 11.1 Å². The number of nitrogens with two attached hydrogens (primary N) is 1. The van der Waals surface area contributed by atoms with Crippen LogP contribution in [0.25, 0.3) is 11.1 Å². The van der Waals surface area contributed by atoms with E-state index in [1.807, 2.05) is 6.07 Å². The van der Waals surface area contributed by atoms with Crippen LogP contribution in [-0.2, 0) is 0 Å². The molecular formula is C14H9Cl2N3O2. The van der Waals surface area contributed by atoms with E-state index in [4.69, 9.17) is 28.9 Å². The van der Waals surface area contributed by atoms with Crippen molar-refractivity contribution in [2.45, 2.75) is 6.92 Å². The molecule has 5 nitrogen and oxygen atoms in total. The van der Waals surface area contributed by atoms with Crippen molar-refractivity contribution >= 4 is 35.0 Å². The smallest absolute Gasteiger partial charge is 0.338 e. The number of aromatic carboxylic acids is 1. The van der Waals surface area contributed by atoms with E-state index in [-0.39, 0.29) is 38.2 Å². The molecule has 2 rings (SSSR count). The van der Waals surface area contributed by atoms with Gasteiger partial charge >= 0.3 is 5.97 Å². The van der Waals surface area contributed by atoms with Crippen molar-refractivity contribution in [2.24, 2.45) is 0 Å². The zero-order valence-electron chi connectivity index (χ0n) is 10.8. The number of carboxylic acid groups (broad SMARTS) is 1. The van der Waals surface area contributed by atoms with Crippen molar-refractivity contribution in [3.05, 3.63) is 45.1 Å². The van der Waals surface area contributed by atoms with Crippen molar-refractivity contribution in [1.29, 1.82) is 5.26 Å². The molecule has 1 aromatic heterocycles. The van der Waals surface area contributed by atoms with Crippen LogP contribution in [0.1, 0.15) is 21.6 Å². The molecule has 0 atom stereocenters. The predicted octanol–water partition coefficient (Wildman–Crippen LogP) is 3.52. The number of pyridine rings is 1. The number of rotatable bonds is 2. The molecule has 0 aliphatic carbocycles. The molecular weight excluding hydrogens is 313 g/mol. The molecule has 21 heavy (non-hydrogen) atoms. The summed E-state index contributed by atoms with van der Waals surface area (Å²) in [7, 11) is 0. The van der Waals surface area contributed by atoms with Crippen LogP contribution >= 0.6 is 23.2 Å². The molecule has 0 unspecified atom stereocenters. The first kappa shape index (κ1) is 15.1. The van der Waals surface area contributed by atoms with Gasteiger partial charge in [0.1, 0.15) is 17.5 Å². The molecule has 3 N–H and O–H groups in total. The Morgan fingerprint density at radius 1 is 1.43 bits per heavy atom. The average molecular weight is 322 g/mol. The van der Waals surface area contributed by atoms with Crippen molar-refractivity contribution in [3.63, 3.8) is 0 Å². The highest BCUT2D eigenvalue weighted by Gasteiger charge is 2.24. The van der Waals surface area contributed by atoms with Crippen LogP contribution in [-0.4, -0.2) is 16.1 Å². The molecule has 106 valence electrons. The minimum Gasteiger partial charge on any atom is -0.478 e. The third kappa shape index (κ3) is 2.51. The molecule has 1 aromatic carbocycles. The SMILES string of the molecule is Cc1nc(N)c(C#N)c(-c2cccc(Cl)c2Cl)c1C(=O)O. The summed E-state index contributed by atoms with van der Waals surface area (Å²) in [5, 5.41) is 19.1. The molecule has 2 aromatic rings. The Morgan fingerprint density at radius 2 is 2.10 bits per heavy atom. The molecule has 0 fully saturated rings. The molecule has 0 saturated heterocycles. The molecule has 0 aliphatic rings. The molecule has 0 bridgehead atoms. The number of nitriles is 1. The van der Waals surface area contributed by atoms with E-state index in [0.717, 1.165) is 0 Å². The van der Waals surface area contributed by atoms with Gasteiger partial charge in [-0.1, -0.05) is 35.3 Å². The topological polar surface area (TPSA) is 100 Å². The van der Waals surface area contributed by atoms with Crippen molar-refractivity contribution in [1.82, 2.24) is 4.98 Å². The number of carboxylic acids is 1. The lowest BCUT2D eigenvalue weighted by Gasteiger charge is -2.14. The van der Waals surface area contributed by atoms with E-state index in [1.54, 1.807) is 18.2 Å². The number of nitrogens with zero attached hydrogens (tertiary/aromatic N) is 2. The van der Waals surface area contributed by atoms with Gasteiger partial charge < -0.3 is 10.8 Å². The van der Waals surface area contributed by atoms with Gasteiger partial charge in [0.2, 0.25) is 0 Å². The maximum atomic E-state index is 11.5. The normalized spacial score (nSPS) is 10.2. The summed E-state index contributed by atoms with van der Waals surface area (Å²) in [5.74, 6) is -1.27. The largest absolute Gasteiger partial charge is 0.478 e. The van der Waals surface area contributed by atoms with Crippen molar-refractivity contribution < 1.29 is 9.90 Å². The summed E-state index contributed by atoms with van der Waals surface area (Å²) in [5.41, 5.74) is 6.22. The quantitative estimate of drug-likeness (QED) is 0.881. The fourth-order valence-electron chi connectivity index (χ4n) is 2.07. The number of aryl methyl sites for hydroxylation is 1. The lowest BCUT2D eigenvalue weighted by atomic mass is 9.94. The van der Waals surface area contributed by atoms with E-state index in [0.29, 0.717) is 5.56 Å². The second-order valence-corrected chi connectivity index (χ2v) is 5.01. The van der Waals surface area contributed by atoms with Crippen LogP contribution in [0.2, 0.25) is 10.0 Å². The van der Waals surface area contributed by atoms with Crippen molar-refractivity contribution in [3.8, 4) is 17.2 Å². The summed E-state index contributed by atoms with van der Waals surface area (Å²) in [6, 6.07) is 6.64. The van der Waals surface area contributed by atoms with E-state index in [1.165, 1.54) is 6.92 Å². The van der Waals surface area contributed by atoms with Crippen LogP contribution < -0.4 is 5.73 Å². The number of benzene rings is 1. The molecule has 0 spiro atoms. The summed E-state index contributed by atoms with van der Waals surface area (Å²) in [4.78, 5) is 15.4. The molecule has 0 radical (unpaired) electrons. The number of carbonyl (C=O) groups is 1. The molecule has 1 heterocycles. The minimum absolute atomic E-state index is 0.0397. The first-order valence-corrected chi connectivity index (χ1v) is 6.52. The van der Waals surface area contributed by atoms with Gasteiger partial charge in [0.15, 0.2) is 0 Å².